The van der Waals surface area contributed by atoms with E-state index in [-0.39, 0.29) is 17.5 Å². The number of halogens is 2. The molecule has 158 valence electrons. The molecule has 0 unspecified atom stereocenters. The van der Waals surface area contributed by atoms with Crippen molar-refractivity contribution in [2.45, 2.75) is 22.4 Å². The molecule has 0 saturated carbocycles. The van der Waals surface area contributed by atoms with E-state index in [1.54, 1.807) is 30.3 Å². The molecule has 1 atom stereocenters. The van der Waals surface area contributed by atoms with Gasteiger partial charge in [-0.05, 0) is 29.8 Å². The van der Waals surface area contributed by atoms with Gasteiger partial charge < -0.3 is 9.30 Å². The lowest BCUT2D eigenvalue weighted by molar-refractivity contribution is 0.0600. The largest absolute Gasteiger partial charge is 0.465 e. The van der Waals surface area contributed by atoms with Crippen LogP contribution >= 0.6 is 35.0 Å². The topological polar surface area (TPSA) is 74.1 Å². The minimum absolute atomic E-state index is 0.249. The van der Waals surface area contributed by atoms with E-state index in [9.17, 15) is 9.00 Å². The van der Waals surface area contributed by atoms with Crippen LogP contribution in [0.4, 0.5) is 0 Å². The first-order valence-electron chi connectivity index (χ1n) is 8.85. The fourth-order valence-corrected chi connectivity index (χ4v) is 5.48. The maximum atomic E-state index is 12.6. The molecule has 1 heterocycles. The molecule has 0 saturated heterocycles. The van der Waals surface area contributed by atoms with Gasteiger partial charge in [0.2, 0.25) is 0 Å². The first-order valence-corrected chi connectivity index (χ1v) is 12.1. The molecule has 2 aromatic carbocycles. The van der Waals surface area contributed by atoms with Crippen molar-refractivity contribution in [1.29, 1.82) is 0 Å². The van der Waals surface area contributed by atoms with Crippen molar-refractivity contribution in [3.8, 4) is 0 Å². The van der Waals surface area contributed by atoms with Crippen LogP contribution in [0.15, 0.2) is 47.6 Å². The van der Waals surface area contributed by atoms with Crippen molar-refractivity contribution < 1.29 is 13.7 Å². The highest BCUT2D eigenvalue weighted by molar-refractivity contribution is 7.98. The number of thioether (sulfide) groups is 1. The molecular formula is C20H19Cl2N3O3S2. The lowest BCUT2D eigenvalue weighted by Crippen LogP contribution is -2.06. The van der Waals surface area contributed by atoms with E-state index in [0.29, 0.717) is 32.7 Å². The molecule has 0 bridgehead atoms. The van der Waals surface area contributed by atoms with E-state index < -0.39 is 10.8 Å². The monoisotopic (exact) mass is 483 g/mol. The van der Waals surface area contributed by atoms with E-state index in [2.05, 4.69) is 10.2 Å². The fourth-order valence-electron chi connectivity index (χ4n) is 2.63. The van der Waals surface area contributed by atoms with Crippen LogP contribution in [0.1, 0.15) is 27.3 Å². The molecule has 0 aliphatic heterocycles. The number of benzene rings is 2. The third-order valence-corrected chi connectivity index (χ3v) is 7.32. The van der Waals surface area contributed by atoms with Crippen LogP contribution in [0.5, 0.6) is 0 Å². The zero-order valence-electron chi connectivity index (χ0n) is 16.3. The number of carbonyl (C=O) groups is 1. The fraction of sp³-hybridized carbons (Fsp3) is 0.250. The Morgan fingerprint density at radius 2 is 1.77 bits per heavy atom. The number of hydrogen-bond acceptors (Lipinski definition) is 6. The van der Waals surface area contributed by atoms with Crippen molar-refractivity contribution in [1.82, 2.24) is 14.8 Å². The minimum Gasteiger partial charge on any atom is -0.465 e. The molecule has 3 aromatic rings. The van der Waals surface area contributed by atoms with E-state index in [1.807, 2.05) is 23.7 Å². The number of ether oxygens (including phenoxy) is 1. The van der Waals surface area contributed by atoms with Gasteiger partial charge in [-0.3, -0.25) is 4.21 Å². The Morgan fingerprint density at radius 3 is 2.40 bits per heavy atom. The first-order chi connectivity index (χ1) is 14.4. The molecule has 6 nitrogen and oxygen atoms in total. The van der Waals surface area contributed by atoms with E-state index in [0.717, 1.165) is 10.7 Å². The SMILES string of the molecule is COC(=O)c1ccc(CSc2nnc(C[S@@](=O)Cc3c(Cl)cccc3Cl)n2C)cc1. The van der Waals surface area contributed by atoms with E-state index >= 15 is 0 Å². The van der Waals surface area contributed by atoms with Crippen molar-refractivity contribution in [2.75, 3.05) is 7.11 Å². The van der Waals surface area contributed by atoms with Crippen LogP contribution in [-0.2, 0) is 39.8 Å². The Bertz CT molecular complexity index is 1050. The van der Waals surface area contributed by atoms with Gasteiger partial charge in [0.15, 0.2) is 5.16 Å². The van der Waals surface area contributed by atoms with Gasteiger partial charge in [-0.25, -0.2) is 4.79 Å². The van der Waals surface area contributed by atoms with Crippen molar-refractivity contribution >= 4 is 51.7 Å². The number of hydrogen-bond donors (Lipinski definition) is 0. The molecule has 0 spiro atoms. The Hall–Kier alpha value is -1.87. The highest BCUT2D eigenvalue weighted by Gasteiger charge is 2.15. The maximum absolute atomic E-state index is 12.6. The van der Waals surface area contributed by atoms with Crippen molar-refractivity contribution in [3.05, 3.63) is 75.0 Å². The molecule has 10 heteroatoms. The molecule has 0 fully saturated rings. The van der Waals surface area contributed by atoms with Crippen LogP contribution in [0.25, 0.3) is 0 Å². The average molecular weight is 484 g/mol. The lowest BCUT2D eigenvalue weighted by Gasteiger charge is -2.07. The molecular weight excluding hydrogens is 465 g/mol. The minimum atomic E-state index is -1.23. The molecule has 3 rings (SSSR count). The molecule has 0 aliphatic carbocycles. The Labute approximate surface area is 191 Å². The molecule has 0 amide bonds. The summed E-state index contributed by atoms with van der Waals surface area (Å²) in [6.45, 7) is 0. The maximum Gasteiger partial charge on any atom is 0.337 e. The van der Waals surface area contributed by atoms with Gasteiger partial charge >= 0.3 is 5.97 Å². The van der Waals surface area contributed by atoms with Gasteiger partial charge in [0.05, 0.1) is 24.2 Å². The summed E-state index contributed by atoms with van der Waals surface area (Å²) in [6.07, 6.45) is 0. The summed E-state index contributed by atoms with van der Waals surface area (Å²) < 4.78 is 19.1. The average Bonchev–Trinajstić information content (AvgIpc) is 3.08. The van der Waals surface area contributed by atoms with Crippen molar-refractivity contribution in [3.63, 3.8) is 0 Å². The number of esters is 1. The number of rotatable bonds is 8. The summed E-state index contributed by atoms with van der Waals surface area (Å²) in [5.74, 6) is 1.42. The quantitative estimate of drug-likeness (QED) is 0.342. The predicted octanol–water partition coefficient (Wildman–Crippen LogP) is 4.65. The van der Waals surface area contributed by atoms with Crippen LogP contribution in [-0.4, -0.2) is 32.1 Å². The number of nitrogens with zero attached hydrogens (tertiary/aromatic N) is 3. The summed E-state index contributed by atoms with van der Waals surface area (Å²) in [7, 11) is 1.97. The van der Waals surface area contributed by atoms with E-state index in [1.165, 1.54) is 18.9 Å². The molecule has 0 radical (unpaired) electrons. The van der Waals surface area contributed by atoms with Gasteiger partial charge in [-0.1, -0.05) is 53.2 Å². The summed E-state index contributed by atoms with van der Waals surface area (Å²) in [5, 5.41) is 10.1. The highest BCUT2D eigenvalue weighted by atomic mass is 35.5. The third kappa shape index (κ3) is 5.63. The third-order valence-electron chi connectivity index (χ3n) is 4.33. The van der Waals surface area contributed by atoms with Gasteiger partial charge in [0.25, 0.3) is 0 Å². The smallest absolute Gasteiger partial charge is 0.337 e. The number of methoxy groups -OCH3 is 1. The second kappa shape index (κ2) is 10.4. The normalized spacial score (nSPS) is 12.0. The summed E-state index contributed by atoms with van der Waals surface area (Å²) in [4.78, 5) is 11.5. The Morgan fingerprint density at radius 1 is 1.10 bits per heavy atom. The zero-order chi connectivity index (χ0) is 21.7. The highest BCUT2D eigenvalue weighted by Crippen LogP contribution is 2.27. The standard InChI is InChI=1S/C20H19Cl2N3O3S2/c1-25-18(12-30(27)11-15-16(21)4-3-5-17(15)22)23-24-20(25)29-10-13-6-8-14(9-7-13)19(26)28-2/h3-9H,10-12H2,1-2H3/t30-/m0/s1. The molecule has 0 aliphatic rings. The number of aromatic nitrogens is 3. The molecule has 0 N–H and O–H groups in total. The second-order valence-corrected chi connectivity index (χ2v) is 9.58. The Kier molecular flexibility index (Phi) is 7.93. The van der Waals surface area contributed by atoms with Crippen LogP contribution in [0.2, 0.25) is 10.0 Å². The number of carbonyl (C=O) groups excluding carboxylic acids is 1. The van der Waals surface area contributed by atoms with Crippen molar-refractivity contribution in [2.24, 2.45) is 7.05 Å². The zero-order valence-corrected chi connectivity index (χ0v) is 19.4. The van der Waals surface area contributed by atoms with Crippen LogP contribution in [0, 0.1) is 0 Å². The van der Waals surface area contributed by atoms with Gasteiger partial charge in [-0.15, -0.1) is 10.2 Å². The van der Waals surface area contributed by atoms with Gasteiger partial charge in [-0.2, -0.15) is 0 Å². The first kappa shape index (κ1) is 22.8. The lowest BCUT2D eigenvalue weighted by atomic mass is 10.1. The summed E-state index contributed by atoms with van der Waals surface area (Å²) in [6, 6.07) is 12.4. The van der Waals surface area contributed by atoms with Crippen LogP contribution < -0.4 is 0 Å². The molecule has 1 aromatic heterocycles. The predicted molar refractivity (Wildman–Crippen MR) is 120 cm³/mol. The Balaban J connectivity index is 1.60. The summed E-state index contributed by atoms with van der Waals surface area (Å²) >= 11 is 13.8. The summed E-state index contributed by atoms with van der Waals surface area (Å²) in [5.41, 5.74) is 2.22. The van der Waals surface area contributed by atoms with E-state index in [4.69, 9.17) is 27.9 Å². The second-order valence-electron chi connectivity index (χ2n) is 6.36. The van der Waals surface area contributed by atoms with Gasteiger partial charge in [0, 0.05) is 39.2 Å². The van der Waals surface area contributed by atoms with Gasteiger partial charge in [0.1, 0.15) is 5.82 Å². The van der Waals surface area contributed by atoms with Crippen LogP contribution in [0.3, 0.4) is 0 Å². The molecule has 30 heavy (non-hydrogen) atoms.